The predicted octanol–water partition coefficient (Wildman–Crippen LogP) is -0.0813. The van der Waals surface area contributed by atoms with Crippen LogP contribution in [-0.4, -0.2) is 29.0 Å². The molecule has 0 saturated heterocycles. The summed E-state index contributed by atoms with van der Waals surface area (Å²) in [4.78, 5) is 10.0. The highest BCUT2D eigenvalue weighted by molar-refractivity contribution is 5.64. The minimum absolute atomic E-state index is 0.242. The van der Waals surface area contributed by atoms with E-state index >= 15 is 0 Å². The molecule has 0 aromatic heterocycles. The molecule has 0 aliphatic rings. The van der Waals surface area contributed by atoms with E-state index in [9.17, 15) is 4.79 Å². The Morgan fingerprint density at radius 3 is 2.73 bits per heavy atom. The number of carbonyl (C=O) groups is 1. The van der Waals surface area contributed by atoms with Crippen LogP contribution in [0.2, 0.25) is 0 Å². The van der Waals surface area contributed by atoms with Gasteiger partial charge in [-0.15, -0.1) is 0 Å². The predicted molar refractivity (Wildman–Crippen MR) is 36.9 cm³/mol. The van der Waals surface area contributed by atoms with Crippen molar-refractivity contribution in [3.63, 3.8) is 0 Å². The first-order valence-corrected chi connectivity index (χ1v) is 3.18. The van der Waals surface area contributed by atoms with Gasteiger partial charge in [-0.2, -0.15) is 5.26 Å². The number of rotatable bonds is 4. The van der Waals surface area contributed by atoms with E-state index in [2.05, 4.69) is 5.32 Å². The monoisotopic (exact) mass is 158 g/mol. The Morgan fingerprint density at radius 2 is 2.36 bits per heavy atom. The molecule has 0 spiro atoms. The third-order valence-corrected chi connectivity index (χ3v) is 1.15. The van der Waals surface area contributed by atoms with Crippen LogP contribution in [0.5, 0.6) is 0 Å². The van der Waals surface area contributed by atoms with Gasteiger partial charge in [-0.3, -0.25) is 0 Å². The molecule has 0 aromatic rings. The number of amides is 1. The number of nitrogens with one attached hydrogen (secondary N) is 1. The second-order valence-electron chi connectivity index (χ2n) is 2.03. The van der Waals surface area contributed by atoms with E-state index in [0.717, 1.165) is 0 Å². The summed E-state index contributed by atoms with van der Waals surface area (Å²) in [5, 5.41) is 27.0. The van der Waals surface area contributed by atoms with E-state index < -0.39 is 12.1 Å². The lowest BCUT2D eigenvalue weighted by atomic mass is 10.2. The maximum absolute atomic E-state index is 10.0. The fraction of sp³-hybridized carbons (Fsp3) is 0.667. The van der Waals surface area contributed by atoms with E-state index in [1.807, 2.05) is 6.07 Å². The van der Waals surface area contributed by atoms with Crippen molar-refractivity contribution in [1.82, 2.24) is 5.32 Å². The van der Waals surface area contributed by atoms with Crippen LogP contribution in [0.4, 0.5) is 4.79 Å². The van der Waals surface area contributed by atoms with Crippen molar-refractivity contribution >= 4 is 6.09 Å². The van der Waals surface area contributed by atoms with Crippen molar-refractivity contribution in [3.8, 4) is 6.07 Å². The van der Waals surface area contributed by atoms with Crippen molar-refractivity contribution in [3.05, 3.63) is 0 Å². The SMILES string of the molecule is N#CCCC(CO)NC(=O)O. The fourth-order valence-electron chi connectivity index (χ4n) is 0.623. The summed E-state index contributed by atoms with van der Waals surface area (Å²) >= 11 is 0. The molecule has 1 unspecified atom stereocenters. The number of aliphatic hydroxyl groups excluding tert-OH is 1. The average Bonchev–Trinajstić information content (AvgIpc) is 1.97. The Kier molecular flexibility index (Phi) is 4.86. The van der Waals surface area contributed by atoms with Gasteiger partial charge in [0.15, 0.2) is 0 Å². The summed E-state index contributed by atoms with van der Waals surface area (Å²) < 4.78 is 0. The van der Waals surface area contributed by atoms with Gasteiger partial charge in [0.05, 0.1) is 18.7 Å². The zero-order valence-corrected chi connectivity index (χ0v) is 5.95. The van der Waals surface area contributed by atoms with E-state index in [0.29, 0.717) is 6.42 Å². The first-order valence-electron chi connectivity index (χ1n) is 3.18. The molecule has 3 N–H and O–H groups in total. The second kappa shape index (κ2) is 5.50. The van der Waals surface area contributed by atoms with E-state index in [1.54, 1.807) is 0 Å². The molecule has 1 amide bonds. The minimum Gasteiger partial charge on any atom is -0.465 e. The largest absolute Gasteiger partial charge is 0.465 e. The molecular weight excluding hydrogens is 148 g/mol. The summed E-state index contributed by atoms with van der Waals surface area (Å²) in [5.41, 5.74) is 0. The molecule has 0 aliphatic carbocycles. The van der Waals surface area contributed by atoms with Crippen LogP contribution in [0.15, 0.2) is 0 Å². The topological polar surface area (TPSA) is 93.4 Å². The van der Waals surface area contributed by atoms with Crippen molar-refractivity contribution in [2.24, 2.45) is 0 Å². The third-order valence-electron chi connectivity index (χ3n) is 1.15. The van der Waals surface area contributed by atoms with E-state index in [1.165, 1.54) is 0 Å². The van der Waals surface area contributed by atoms with Gasteiger partial charge < -0.3 is 15.5 Å². The maximum atomic E-state index is 10.0. The van der Waals surface area contributed by atoms with Gasteiger partial charge in [-0.1, -0.05) is 0 Å². The smallest absolute Gasteiger partial charge is 0.404 e. The van der Waals surface area contributed by atoms with E-state index in [4.69, 9.17) is 15.5 Å². The van der Waals surface area contributed by atoms with Crippen LogP contribution in [0, 0.1) is 11.3 Å². The van der Waals surface area contributed by atoms with Crippen molar-refractivity contribution in [2.45, 2.75) is 18.9 Å². The normalized spacial score (nSPS) is 11.6. The molecule has 0 heterocycles. The zero-order valence-electron chi connectivity index (χ0n) is 5.95. The number of nitrogens with zero attached hydrogens (tertiary/aromatic N) is 1. The third kappa shape index (κ3) is 5.18. The summed E-state index contributed by atoms with van der Waals surface area (Å²) in [5.74, 6) is 0. The van der Waals surface area contributed by atoms with Crippen molar-refractivity contribution < 1.29 is 15.0 Å². The molecule has 0 aromatic carbocycles. The van der Waals surface area contributed by atoms with E-state index in [-0.39, 0.29) is 13.0 Å². The molecule has 0 bridgehead atoms. The molecule has 5 nitrogen and oxygen atoms in total. The Balaban J connectivity index is 3.59. The molecule has 62 valence electrons. The highest BCUT2D eigenvalue weighted by Gasteiger charge is 2.08. The molecule has 0 rings (SSSR count). The zero-order chi connectivity index (χ0) is 8.69. The molecule has 0 fully saturated rings. The Labute approximate surface area is 64.3 Å². The van der Waals surface area contributed by atoms with Crippen LogP contribution >= 0.6 is 0 Å². The standard InChI is InChI=1S/C6H10N2O3/c7-3-1-2-5(4-9)8-6(10)11/h5,8-9H,1-2,4H2,(H,10,11). The van der Waals surface area contributed by atoms with Gasteiger partial charge in [0.1, 0.15) is 0 Å². The molecule has 0 radical (unpaired) electrons. The fourth-order valence-corrected chi connectivity index (χ4v) is 0.623. The number of carboxylic acid groups (broad SMARTS) is 1. The van der Waals surface area contributed by atoms with Crippen LogP contribution in [0.25, 0.3) is 0 Å². The molecule has 11 heavy (non-hydrogen) atoms. The minimum atomic E-state index is -1.18. The Hall–Kier alpha value is -1.28. The highest BCUT2D eigenvalue weighted by Crippen LogP contribution is 1.94. The summed E-state index contributed by atoms with van der Waals surface area (Å²) in [7, 11) is 0. The molecule has 1 atom stereocenters. The van der Waals surface area contributed by atoms with Crippen LogP contribution in [0.3, 0.4) is 0 Å². The number of hydrogen-bond donors (Lipinski definition) is 3. The highest BCUT2D eigenvalue weighted by atomic mass is 16.4. The summed E-state index contributed by atoms with van der Waals surface area (Å²) in [6.07, 6.45) is -0.591. The van der Waals surface area contributed by atoms with Crippen LogP contribution in [0.1, 0.15) is 12.8 Å². The van der Waals surface area contributed by atoms with Crippen molar-refractivity contribution in [1.29, 1.82) is 5.26 Å². The maximum Gasteiger partial charge on any atom is 0.404 e. The number of hydrogen-bond acceptors (Lipinski definition) is 3. The summed E-state index contributed by atoms with van der Waals surface area (Å²) in [6, 6.07) is 1.34. The van der Waals surface area contributed by atoms with Crippen LogP contribution < -0.4 is 5.32 Å². The van der Waals surface area contributed by atoms with Crippen molar-refractivity contribution in [2.75, 3.05) is 6.61 Å². The number of aliphatic hydroxyl groups is 1. The lowest BCUT2D eigenvalue weighted by Gasteiger charge is -2.10. The molecule has 5 heteroatoms. The molecule has 0 aliphatic heterocycles. The van der Waals surface area contributed by atoms with Gasteiger partial charge in [-0.25, -0.2) is 4.79 Å². The first-order chi connectivity index (χ1) is 5.20. The lowest BCUT2D eigenvalue weighted by Crippen LogP contribution is -2.36. The van der Waals surface area contributed by atoms with Gasteiger partial charge in [0.25, 0.3) is 0 Å². The summed E-state index contributed by atoms with van der Waals surface area (Å²) in [6.45, 7) is -0.270. The average molecular weight is 158 g/mol. The molecular formula is C6H10N2O3. The van der Waals surface area contributed by atoms with Gasteiger partial charge in [-0.05, 0) is 6.42 Å². The quantitative estimate of drug-likeness (QED) is 0.533. The van der Waals surface area contributed by atoms with Gasteiger partial charge in [0.2, 0.25) is 0 Å². The first kappa shape index (κ1) is 9.72. The lowest BCUT2D eigenvalue weighted by molar-refractivity contribution is 0.175. The van der Waals surface area contributed by atoms with Gasteiger partial charge in [0, 0.05) is 6.42 Å². The molecule has 0 saturated carbocycles. The van der Waals surface area contributed by atoms with Gasteiger partial charge >= 0.3 is 6.09 Å². The van der Waals surface area contributed by atoms with Crippen LogP contribution in [-0.2, 0) is 0 Å². The number of nitriles is 1. The Bertz CT molecular complexity index is 164. The Morgan fingerprint density at radius 1 is 1.73 bits per heavy atom. The second-order valence-corrected chi connectivity index (χ2v) is 2.03.